The summed E-state index contributed by atoms with van der Waals surface area (Å²) >= 11 is 1.57. The lowest BCUT2D eigenvalue weighted by Crippen LogP contribution is -2.53. The number of aliphatic hydroxyl groups is 1. The molecule has 0 saturated heterocycles. The lowest BCUT2D eigenvalue weighted by atomic mass is 9.95. The van der Waals surface area contributed by atoms with Gasteiger partial charge in [0.25, 0.3) is 5.91 Å². The Kier molecular flexibility index (Phi) is 9.76. The Bertz CT molecular complexity index is 1420. The minimum absolute atomic E-state index is 0.165. The van der Waals surface area contributed by atoms with E-state index in [1.165, 1.54) is 6.08 Å². The van der Waals surface area contributed by atoms with Gasteiger partial charge in [-0.1, -0.05) is 60.7 Å². The molecule has 1 unspecified atom stereocenters. The average Bonchev–Trinajstić information content (AvgIpc) is 2.96. The molecule has 3 amide bonds. The van der Waals surface area contributed by atoms with Crippen LogP contribution in [-0.4, -0.2) is 52.6 Å². The summed E-state index contributed by atoms with van der Waals surface area (Å²) in [7, 11) is 0. The van der Waals surface area contributed by atoms with E-state index in [1.54, 1.807) is 54.2 Å². The van der Waals surface area contributed by atoms with Crippen LogP contribution < -0.4 is 21.7 Å². The van der Waals surface area contributed by atoms with Crippen molar-refractivity contribution in [2.45, 2.75) is 37.1 Å². The molecule has 6 N–H and O–H groups in total. The first kappa shape index (κ1) is 29.1. The number of anilines is 1. The molecule has 0 aromatic heterocycles. The fraction of sp³-hybridized carbons (Fsp3) is 0.258. The van der Waals surface area contributed by atoms with Gasteiger partial charge < -0.3 is 26.8 Å². The molecule has 3 aromatic carbocycles. The fourth-order valence-electron chi connectivity index (χ4n) is 4.38. The van der Waals surface area contributed by atoms with Gasteiger partial charge in [0.05, 0.1) is 0 Å². The van der Waals surface area contributed by atoms with Crippen LogP contribution >= 0.6 is 11.8 Å². The highest BCUT2D eigenvalue weighted by molar-refractivity contribution is 7.98. The van der Waals surface area contributed by atoms with E-state index < -0.39 is 29.6 Å². The minimum atomic E-state index is -1.45. The van der Waals surface area contributed by atoms with E-state index >= 15 is 0 Å². The molecule has 0 spiro atoms. The third-order valence-electron chi connectivity index (χ3n) is 6.64. The predicted molar refractivity (Wildman–Crippen MR) is 161 cm³/mol. The topological polar surface area (TPSA) is 134 Å². The van der Waals surface area contributed by atoms with Crippen LogP contribution in [-0.2, 0) is 9.59 Å². The van der Waals surface area contributed by atoms with Crippen molar-refractivity contribution in [3.05, 3.63) is 102 Å². The van der Waals surface area contributed by atoms with Gasteiger partial charge in [-0.2, -0.15) is 11.8 Å². The number of nitrogens with two attached hydrogens (primary N) is 1. The second-order valence-corrected chi connectivity index (χ2v) is 10.8. The van der Waals surface area contributed by atoms with Crippen molar-refractivity contribution in [1.29, 1.82) is 0 Å². The molecular formula is C31H34N4O4S. The molecule has 3 atom stereocenters. The summed E-state index contributed by atoms with van der Waals surface area (Å²) in [6.07, 6.45) is 7.55. The molecule has 0 fully saturated rings. The molecule has 0 saturated carbocycles. The summed E-state index contributed by atoms with van der Waals surface area (Å²) in [6.45, 7) is 0. The molecule has 1 aliphatic rings. The number of benzene rings is 3. The van der Waals surface area contributed by atoms with Crippen molar-refractivity contribution in [1.82, 2.24) is 10.6 Å². The van der Waals surface area contributed by atoms with Gasteiger partial charge in [-0.05, 0) is 65.1 Å². The van der Waals surface area contributed by atoms with Gasteiger partial charge in [-0.15, -0.1) is 0 Å². The summed E-state index contributed by atoms with van der Waals surface area (Å²) in [5.41, 5.74) is 6.10. The summed E-state index contributed by atoms with van der Waals surface area (Å²) in [5, 5.41) is 20.7. The molecule has 3 aromatic rings. The van der Waals surface area contributed by atoms with Crippen molar-refractivity contribution in [2.24, 2.45) is 5.73 Å². The van der Waals surface area contributed by atoms with Crippen molar-refractivity contribution in [2.75, 3.05) is 17.3 Å². The SMILES string of the molecule is CSCC[C@H](NC(=O)[C@H](CC1=CCC(N)(O)C=C1)NC(=O)c1ccccc1)C(=O)Nc1ccc2ccccc2c1. The van der Waals surface area contributed by atoms with Gasteiger partial charge in [0.15, 0.2) is 0 Å². The molecule has 0 radical (unpaired) electrons. The zero-order chi connectivity index (χ0) is 28.5. The zero-order valence-electron chi connectivity index (χ0n) is 22.3. The number of carbonyl (C=O) groups excluding carboxylic acids is 3. The molecule has 40 heavy (non-hydrogen) atoms. The highest BCUT2D eigenvalue weighted by Crippen LogP contribution is 2.21. The van der Waals surface area contributed by atoms with Crippen LogP contribution in [0.25, 0.3) is 10.8 Å². The number of nitrogens with one attached hydrogen (secondary N) is 3. The van der Waals surface area contributed by atoms with Gasteiger partial charge in [0, 0.05) is 24.1 Å². The van der Waals surface area contributed by atoms with Gasteiger partial charge in [0.1, 0.15) is 17.8 Å². The number of hydrogen-bond acceptors (Lipinski definition) is 6. The largest absolute Gasteiger partial charge is 0.372 e. The third-order valence-corrected chi connectivity index (χ3v) is 7.28. The second-order valence-electron chi connectivity index (χ2n) is 9.80. The molecule has 9 heteroatoms. The maximum Gasteiger partial charge on any atom is 0.251 e. The number of allylic oxidation sites excluding steroid dienone is 1. The summed E-state index contributed by atoms with van der Waals surface area (Å²) in [6, 6.07) is 20.4. The predicted octanol–water partition coefficient (Wildman–Crippen LogP) is 3.74. The Morgan fingerprint density at radius 2 is 1.68 bits per heavy atom. The Balaban J connectivity index is 1.51. The maximum absolute atomic E-state index is 13.6. The Morgan fingerprint density at radius 1 is 0.950 bits per heavy atom. The van der Waals surface area contributed by atoms with Crippen LogP contribution in [0.15, 0.2) is 96.6 Å². The normalized spacial score (nSPS) is 17.9. The molecule has 208 valence electrons. The molecule has 0 heterocycles. The van der Waals surface area contributed by atoms with Crippen molar-refractivity contribution in [3.8, 4) is 0 Å². The van der Waals surface area contributed by atoms with Crippen LogP contribution in [0.4, 0.5) is 5.69 Å². The van der Waals surface area contributed by atoms with Crippen LogP contribution in [0.2, 0.25) is 0 Å². The molecule has 1 aliphatic carbocycles. The summed E-state index contributed by atoms with van der Waals surface area (Å²) < 4.78 is 0. The smallest absolute Gasteiger partial charge is 0.251 e. The Labute approximate surface area is 238 Å². The third kappa shape index (κ3) is 8.05. The van der Waals surface area contributed by atoms with E-state index in [0.29, 0.717) is 23.4 Å². The lowest BCUT2D eigenvalue weighted by Gasteiger charge is -2.26. The number of hydrogen-bond donors (Lipinski definition) is 5. The van der Waals surface area contributed by atoms with E-state index in [1.807, 2.05) is 48.7 Å². The monoisotopic (exact) mass is 558 g/mol. The molecule has 4 rings (SSSR count). The molecular weight excluding hydrogens is 524 g/mol. The number of carbonyl (C=O) groups is 3. The van der Waals surface area contributed by atoms with Gasteiger partial charge in [-0.3, -0.25) is 14.4 Å². The number of amides is 3. The molecule has 0 bridgehead atoms. The minimum Gasteiger partial charge on any atom is -0.372 e. The van der Waals surface area contributed by atoms with Crippen LogP contribution in [0.1, 0.15) is 29.6 Å². The quantitative estimate of drug-likeness (QED) is 0.228. The standard InChI is InChI=1S/C31H34N4O4S/c1-40-18-15-26(29(37)33-25-12-11-22-7-5-6-10-24(22)20-25)34-30(38)27(19-21-13-16-31(32,39)17-14-21)35-28(36)23-8-3-2-4-9-23/h2-14,16,20,26-27,39H,15,17-19,32H2,1H3,(H,33,37)(H,34,38)(H,35,36)/t26-,27-,31?/m0/s1. The maximum atomic E-state index is 13.6. The van der Waals surface area contributed by atoms with E-state index in [0.717, 1.165) is 16.3 Å². The summed E-state index contributed by atoms with van der Waals surface area (Å²) in [5.74, 6) is -0.569. The van der Waals surface area contributed by atoms with Crippen LogP contribution in [0, 0.1) is 0 Å². The summed E-state index contributed by atoms with van der Waals surface area (Å²) in [4.78, 5) is 39.9. The Morgan fingerprint density at radius 3 is 2.38 bits per heavy atom. The number of thioether (sulfide) groups is 1. The van der Waals surface area contributed by atoms with Gasteiger partial charge >= 0.3 is 0 Å². The number of rotatable bonds is 11. The Hall–Kier alpha value is -3.92. The number of fused-ring (bicyclic) bond motifs is 1. The molecule has 8 nitrogen and oxygen atoms in total. The second kappa shape index (κ2) is 13.4. The molecule has 0 aliphatic heterocycles. The van der Waals surface area contributed by atoms with E-state index in [9.17, 15) is 19.5 Å². The van der Waals surface area contributed by atoms with E-state index in [4.69, 9.17) is 5.73 Å². The first-order valence-electron chi connectivity index (χ1n) is 13.1. The lowest BCUT2D eigenvalue weighted by molar-refractivity contribution is -0.127. The first-order valence-corrected chi connectivity index (χ1v) is 14.5. The highest BCUT2D eigenvalue weighted by Gasteiger charge is 2.29. The fourth-order valence-corrected chi connectivity index (χ4v) is 4.85. The van der Waals surface area contributed by atoms with Gasteiger partial charge in [0.2, 0.25) is 11.8 Å². The van der Waals surface area contributed by atoms with Gasteiger partial charge in [-0.25, -0.2) is 0 Å². The zero-order valence-corrected chi connectivity index (χ0v) is 23.1. The van der Waals surface area contributed by atoms with Crippen molar-refractivity contribution in [3.63, 3.8) is 0 Å². The van der Waals surface area contributed by atoms with Crippen molar-refractivity contribution < 1.29 is 19.5 Å². The first-order chi connectivity index (χ1) is 19.2. The average molecular weight is 559 g/mol. The van der Waals surface area contributed by atoms with E-state index in [2.05, 4.69) is 16.0 Å². The van der Waals surface area contributed by atoms with Crippen LogP contribution in [0.5, 0.6) is 0 Å². The van der Waals surface area contributed by atoms with Crippen molar-refractivity contribution >= 4 is 45.9 Å². The highest BCUT2D eigenvalue weighted by atomic mass is 32.2. The van der Waals surface area contributed by atoms with Crippen LogP contribution in [0.3, 0.4) is 0 Å². The van der Waals surface area contributed by atoms with E-state index in [-0.39, 0.29) is 18.7 Å².